The molecule has 0 aromatic rings. The molecule has 0 aromatic heterocycles. The number of hydrogen-bond acceptors (Lipinski definition) is 3. The van der Waals surface area contributed by atoms with Gasteiger partial charge in [0.2, 0.25) is 5.91 Å². The molecule has 0 saturated heterocycles. The summed E-state index contributed by atoms with van der Waals surface area (Å²) in [5.74, 6) is 0.334. The van der Waals surface area contributed by atoms with E-state index in [0.29, 0.717) is 18.8 Å². The summed E-state index contributed by atoms with van der Waals surface area (Å²) in [6.07, 6.45) is 6.61. The van der Waals surface area contributed by atoms with Crippen LogP contribution in [0.5, 0.6) is 0 Å². The number of nitrogens with one attached hydrogen (secondary N) is 1. The van der Waals surface area contributed by atoms with Crippen molar-refractivity contribution in [3.05, 3.63) is 0 Å². The van der Waals surface area contributed by atoms with Crippen molar-refractivity contribution in [2.24, 2.45) is 11.8 Å². The second kappa shape index (κ2) is 5.29. The van der Waals surface area contributed by atoms with Crippen LogP contribution in [0.1, 0.15) is 51.9 Å². The Morgan fingerprint density at radius 1 is 1.17 bits per heavy atom. The molecular weight excluding hydrogens is 230 g/mol. The van der Waals surface area contributed by atoms with Crippen molar-refractivity contribution >= 4 is 11.9 Å². The molecule has 4 heteroatoms. The minimum Gasteiger partial charge on any atom is -0.467 e. The van der Waals surface area contributed by atoms with Crippen LogP contribution in [0.3, 0.4) is 0 Å². The number of carbonyl (C=O) groups excluding carboxylic acids is 2. The highest BCUT2D eigenvalue weighted by molar-refractivity contribution is 5.90. The van der Waals surface area contributed by atoms with Crippen molar-refractivity contribution in [2.75, 3.05) is 7.11 Å². The largest absolute Gasteiger partial charge is 0.467 e. The summed E-state index contributed by atoms with van der Waals surface area (Å²) in [4.78, 5) is 24.2. The van der Waals surface area contributed by atoms with Gasteiger partial charge >= 0.3 is 5.97 Å². The van der Waals surface area contributed by atoms with Crippen LogP contribution in [0.15, 0.2) is 0 Å². The summed E-state index contributed by atoms with van der Waals surface area (Å²) in [5, 5.41) is 3.00. The van der Waals surface area contributed by atoms with Gasteiger partial charge in [-0.15, -0.1) is 0 Å². The zero-order chi connectivity index (χ0) is 13.2. The van der Waals surface area contributed by atoms with Crippen molar-refractivity contribution in [3.8, 4) is 0 Å². The van der Waals surface area contributed by atoms with Crippen LogP contribution in [0, 0.1) is 11.8 Å². The fraction of sp³-hybridized carbons (Fsp3) is 0.857. The number of rotatable bonds is 3. The maximum Gasteiger partial charge on any atom is 0.331 e. The van der Waals surface area contributed by atoms with Crippen LogP contribution in [-0.2, 0) is 14.3 Å². The Hall–Kier alpha value is -1.06. The Morgan fingerprint density at radius 3 is 2.17 bits per heavy atom. The zero-order valence-corrected chi connectivity index (χ0v) is 11.3. The molecule has 2 atom stereocenters. The number of carbonyl (C=O) groups is 2. The molecule has 0 bridgehead atoms. The molecule has 2 saturated carbocycles. The van der Waals surface area contributed by atoms with Crippen LogP contribution in [0.2, 0.25) is 0 Å². The Morgan fingerprint density at radius 2 is 1.72 bits per heavy atom. The Labute approximate surface area is 108 Å². The first-order valence-corrected chi connectivity index (χ1v) is 6.99. The minimum absolute atomic E-state index is 0.0369. The zero-order valence-electron chi connectivity index (χ0n) is 11.3. The number of ether oxygens (including phenoxy) is 1. The van der Waals surface area contributed by atoms with Gasteiger partial charge in [-0.25, -0.2) is 4.79 Å². The number of amides is 1. The third-order valence-electron chi connectivity index (χ3n) is 4.34. The topological polar surface area (TPSA) is 55.4 Å². The highest BCUT2D eigenvalue weighted by Gasteiger charge is 2.46. The second-order valence-electron chi connectivity index (χ2n) is 5.80. The molecule has 0 unspecified atom stereocenters. The Kier molecular flexibility index (Phi) is 3.93. The van der Waals surface area contributed by atoms with Gasteiger partial charge < -0.3 is 10.1 Å². The van der Waals surface area contributed by atoms with Crippen molar-refractivity contribution in [1.29, 1.82) is 0 Å². The van der Waals surface area contributed by atoms with E-state index in [1.165, 1.54) is 7.11 Å². The summed E-state index contributed by atoms with van der Waals surface area (Å²) in [6.45, 7) is 2.07. The van der Waals surface area contributed by atoms with E-state index in [2.05, 4.69) is 12.2 Å². The minimum atomic E-state index is -0.759. The molecule has 2 aliphatic rings. The van der Waals surface area contributed by atoms with Gasteiger partial charge in [-0.05, 0) is 25.2 Å². The molecule has 1 N–H and O–H groups in total. The van der Waals surface area contributed by atoms with Gasteiger partial charge in [0.05, 0.1) is 7.11 Å². The molecule has 0 aliphatic heterocycles. The van der Waals surface area contributed by atoms with E-state index < -0.39 is 5.54 Å². The average molecular weight is 253 g/mol. The second-order valence-corrected chi connectivity index (χ2v) is 5.80. The molecule has 18 heavy (non-hydrogen) atoms. The highest BCUT2D eigenvalue weighted by Crippen LogP contribution is 2.39. The van der Waals surface area contributed by atoms with E-state index in [1.807, 2.05) is 0 Å². The maximum atomic E-state index is 12.1. The van der Waals surface area contributed by atoms with Crippen molar-refractivity contribution in [3.63, 3.8) is 0 Å². The standard InChI is InChI=1S/C14H23NO3/c1-10-9-11(10)12(16)15-14(13(17)18-2)7-5-3-4-6-8-14/h10-11H,3-9H2,1-2H3,(H,15,16)/t10-,11-/m1/s1. The summed E-state index contributed by atoms with van der Waals surface area (Å²) in [7, 11) is 1.40. The smallest absolute Gasteiger partial charge is 0.331 e. The number of esters is 1. The first-order chi connectivity index (χ1) is 8.59. The van der Waals surface area contributed by atoms with Gasteiger partial charge in [0, 0.05) is 5.92 Å². The molecule has 0 spiro atoms. The predicted molar refractivity (Wildman–Crippen MR) is 67.9 cm³/mol. The van der Waals surface area contributed by atoms with Gasteiger partial charge in [-0.1, -0.05) is 32.6 Å². The lowest BCUT2D eigenvalue weighted by atomic mass is 9.89. The van der Waals surface area contributed by atoms with Crippen molar-refractivity contribution < 1.29 is 14.3 Å². The van der Waals surface area contributed by atoms with Crippen LogP contribution < -0.4 is 5.32 Å². The number of methoxy groups -OCH3 is 1. The van der Waals surface area contributed by atoms with Gasteiger partial charge in [0.15, 0.2) is 0 Å². The maximum absolute atomic E-state index is 12.1. The Balaban J connectivity index is 2.08. The quantitative estimate of drug-likeness (QED) is 0.618. The normalized spacial score (nSPS) is 30.1. The van der Waals surface area contributed by atoms with E-state index in [-0.39, 0.29) is 17.8 Å². The first kappa shape index (κ1) is 13.4. The van der Waals surface area contributed by atoms with Crippen LogP contribution in [0.4, 0.5) is 0 Å². The third kappa shape index (κ3) is 2.68. The molecule has 2 fully saturated rings. The van der Waals surface area contributed by atoms with Crippen LogP contribution in [-0.4, -0.2) is 24.5 Å². The monoisotopic (exact) mass is 253 g/mol. The number of hydrogen-bond donors (Lipinski definition) is 1. The average Bonchev–Trinajstić information content (AvgIpc) is 3.12. The van der Waals surface area contributed by atoms with E-state index >= 15 is 0 Å². The molecule has 0 aromatic carbocycles. The molecule has 1 amide bonds. The van der Waals surface area contributed by atoms with Gasteiger partial charge in [-0.2, -0.15) is 0 Å². The molecule has 0 radical (unpaired) electrons. The van der Waals surface area contributed by atoms with Crippen molar-refractivity contribution in [2.45, 2.75) is 57.4 Å². The SMILES string of the molecule is COC(=O)C1(NC(=O)[C@@H]2C[C@H]2C)CCCCCC1. The van der Waals surface area contributed by atoms with E-state index in [0.717, 1.165) is 32.1 Å². The first-order valence-electron chi connectivity index (χ1n) is 6.99. The molecule has 0 heterocycles. The van der Waals surface area contributed by atoms with Gasteiger partial charge in [0.25, 0.3) is 0 Å². The summed E-state index contributed by atoms with van der Waals surface area (Å²) in [6, 6.07) is 0. The lowest BCUT2D eigenvalue weighted by Gasteiger charge is -2.31. The third-order valence-corrected chi connectivity index (χ3v) is 4.34. The summed E-state index contributed by atoms with van der Waals surface area (Å²) >= 11 is 0. The molecular formula is C14H23NO3. The van der Waals surface area contributed by atoms with Crippen LogP contribution in [0.25, 0.3) is 0 Å². The van der Waals surface area contributed by atoms with Gasteiger partial charge in [0.1, 0.15) is 5.54 Å². The summed E-state index contributed by atoms with van der Waals surface area (Å²) in [5.41, 5.74) is -0.759. The molecule has 102 valence electrons. The molecule has 2 rings (SSSR count). The summed E-state index contributed by atoms with van der Waals surface area (Å²) < 4.78 is 4.92. The predicted octanol–water partition coefficient (Wildman–Crippen LogP) is 2.02. The Bertz CT molecular complexity index is 332. The lowest BCUT2D eigenvalue weighted by molar-refractivity contribution is -0.152. The van der Waals surface area contributed by atoms with Crippen LogP contribution >= 0.6 is 0 Å². The molecule has 2 aliphatic carbocycles. The molecule has 4 nitrogen and oxygen atoms in total. The van der Waals surface area contributed by atoms with E-state index in [4.69, 9.17) is 4.74 Å². The van der Waals surface area contributed by atoms with E-state index in [1.54, 1.807) is 0 Å². The van der Waals surface area contributed by atoms with E-state index in [9.17, 15) is 9.59 Å². The van der Waals surface area contributed by atoms with Gasteiger partial charge in [-0.3, -0.25) is 4.79 Å². The lowest BCUT2D eigenvalue weighted by Crippen LogP contribution is -2.55. The van der Waals surface area contributed by atoms with Crippen molar-refractivity contribution in [1.82, 2.24) is 5.32 Å². The fourth-order valence-electron chi connectivity index (χ4n) is 2.92. The fourth-order valence-corrected chi connectivity index (χ4v) is 2.92. The highest BCUT2D eigenvalue weighted by atomic mass is 16.5.